The first-order chi connectivity index (χ1) is 11.7. The minimum atomic E-state index is -0.252. The van der Waals surface area contributed by atoms with E-state index in [1.54, 1.807) is 0 Å². The lowest BCUT2D eigenvalue weighted by Crippen LogP contribution is -2.18. The summed E-state index contributed by atoms with van der Waals surface area (Å²) < 4.78 is 5.40. The zero-order valence-electron chi connectivity index (χ0n) is 13.3. The summed E-state index contributed by atoms with van der Waals surface area (Å²) in [7, 11) is 0. The van der Waals surface area contributed by atoms with Crippen molar-refractivity contribution in [1.29, 1.82) is 0 Å². The minimum absolute atomic E-state index is 0.252. The molecule has 3 rings (SSSR count). The summed E-state index contributed by atoms with van der Waals surface area (Å²) in [6.07, 6.45) is 0.417. The topological polar surface area (TPSA) is 79.9 Å². The van der Waals surface area contributed by atoms with Gasteiger partial charge >= 0.3 is 0 Å². The molecule has 0 spiro atoms. The predicted octanol–water partition coefficient (Wildman–Crippen LogP) is 2.90. The molecule has 0 aliphatic carbocycles. The molecule has 122 valence electrons. The largest absolute Gasteiger partial charge is 0.494 e. The summed E-state index contributed by atoms with van der Waals surface area (Å²) in [4.78, 5) is 14.9. The van der Waals surface area contributed by atoms with Crippen LogP contribution in [0.15, 0.2) is 59.4 Å². The maximum absolute atomic E-state index is 12.2. The van der Waals surface area contributed by atoms with E-state index >= 15 is 0 Å². The van der Waals surface area contributed by atoms with E-state index in [0.29, 0.717) is 24.7 Å². The van der Waals surface area contributed by atoms with Crippen molar-refractivity contribution in [3.05, 3.63) is 76.2 Å². The van der Waals surface area contributed by atoms with Gasteiger partial charge in [-0.15, -0.1) is 10.2 Å². The van der Waals surface area contributed by atoms with Crippen molar-refractivity contribution in [2.45, 2.75) is 13.3 Å². The fourth-order valence-corrected chi connectivity index (χ4v) is 2.25. The smallest absolute Gasteiger partial charge is 0.274 e. The Hall–Kier alpha value is -3.15. The summed E-state index contributed by atoms with van der Waals surface area (Å²) in [6.45, 7) is 2.56. The van der Waals surface area contributed by atoms with Crippen molar-refractivity contribution in [3.63, 3.8) is 0 Å². The number of benzene rings is 2. The van der Waals surface area contributed by atoms with Crippen LogP contribution < -0.4 is 15.6 Å². The van der Waals surface area contributed by atoms with Crippen molar-refractivity contribution < 1.29 is 4.74 Å². The van der Waals surface area contributed by atoms with Gasteiger partial charge in [-0.05, 0) is 36.8 Å². The molecule has 1 heterocycles. The fraction of sp³-hybridized carbons (Fsp3) is 0.167. The second-order valence-electron chi connectivity index (χ2n) is 5.19. The molecule has 0 saturated heterocycles. The molecule has 6 nitrogen and oxygen atoms in total. The fourth-order valence-electron chi connectivity index (χ4n) is 2.25. The number of rotatable bonds is 6. The van der Waals surface area contributed by atoms with Gasteiger partial charge in [0.1, 0.15) is 11.4 Å². The van der Waals surface area contributed by atoms with Gasteiger partial charge in [-0.25, -0.2) is 0 Å². The Labute approximate surface area is 139 Å². The summed E-state index contributed by atoms with van der Waals surface area (Å²) in [6, 6.07) is 17.1. The van der Waals surface area contributed by atoms with Gasteiger partial charge in [-0.3, -0.25) is 9.78 Å². The molecule has 0 aliphatic rings. The van der Waals surface area contributed by atoms with E-state index in [4.69, 9.17) is 4.74 Å². The SMILES string of the molecule is CCOc1ccc(Cc2nnc(Nc3ccccc3)[nH]c2=O)cc1. The standard InChI is InChI=1S/C18H18N4O2/c1-2-24-15-10-8-13(9-11-15)12-16-17(23)20-18(22-21-16)19-14-6-4-3-5-7-14/h3-11H,2,12H2,1H3,(H2,19,20,22,23). The predicted molar refractivity (Wildman–Crippen MR) is 92.8 cm³/mol. The van der Waals surface area contributed by atoms with E-state index in [2.05, 4.69) is 20.5 Å². The normalized spacial score (nSPS) is 10.4. The Kier molecular flexibility index (Phi) is 4.86. The average Bonchev–Trinajstić information content (AvgIpc) is 2.60. The van der Waals surface area contributed by atoms with E-state index in [-0.39, 0.29) is 5.56 Å². The number of nitrogens with zero attached hydrogens (tertiary/aromatic N) is 2. The van der Waals surface area contributed by atoms with Crippen molar-refractivity contribution in [2.24, 2.45) is 0 Å². The average molecular weight is 322 g/mol. The Bertz CT molecular complexity index is 845. The maximum atomic E-state index is 12.2. The highest BCUT2D eigenvalue weighted by Crippen LogP contribution is 2.14. The summed E-state index contributed by atoms with van der Waals surface area (Å²) in [5, 5.41) is 11.1. The van der Waals surface area contributed by atoms with Gasteiger partial charge in [0.15, 0.2) is 0 Å². The number of aromatic amines is 1. The van der Waals surface area contributed by atoms with Crippen LogP contribution in [0.1, 0.15) is 18.2 Å². The van der Waals surface area contributed by atoms with Crippen molar-refractivity contribution in [2.75, 3.05) is 11.9 Å². The highest BCUT2D eigenvalue weighted by atomic mass is 16.5. The molecule has 1 aromatic heterocycles. The lowest BCUT2D eigenvalue weighted by Gasteiger charge is -2.06. The van der Waals surface area contributed by atoms with Gasteiger partial charge in [-0.1, -0.05) is 30.3 Å². The van der Waals surface area contributed by atoms with E-state index in [1.165, 1.54) is 0 Å². The Morgan fingerprint density at radius 2 is 1.79 bits per heavy atom. The third-order valence-corrected chi connectivity index (χ3v) is 3.41. The van der Waals surface area contributed by atoms with Crippen LogP contribution in [0, 0.1) is 0 Å². The van der Waals surface area contributed by atoms with Gasteiger partial charge in [0.05, 0.1) is 6.61 Å². The molecule has 0 amide bonds. The van der Waals surface area contributed by atoms with Crippen LogP contribution in [-0.4, -0.2) is 21.8 Å². The Morgan fingerprint density at radius 3 is 2.46 bits per heavy atom. The molecule has 0 bridgehead atoms. The van der Waals surface area contributed by atoms with Crippen LogP contribution in [-0.2, 0) is 6.42 Å². The number of H-pyrrole nitrogens is 1. The first kappa shape index (κ1) is 15.7. The third kappa shape index (κ3) is 3.98. The van der Waals surface area contributed by atoms with Gasteiger partial charge in [0.2, 0.25) is 5.95 Å². The molecule has 0 radical (unpaired) electrons. The summed E-state index contributed by atoms with van der Waals surface area (Å²) >= 11 is 0. The van der Waals surface area contributed by atoms with Crippen molar-refractivity contribution >= 4 is 11.6 Å². The molecule has 24 heavy (non-hydrogen) atoms. The highest BCUT2D eigenvalue weighted by Gasteiger charge is 2.06. The molecule has 0 fully saturated rings. The summed E-state index contributed by atoms with van der Waals surface area (Å²) in [5.74, 6) is 1.13. The number of anilines is 2. The highest BCUT2D eigenvalue weighted by molar-refractivity contribution is 5.51. The van der Waals surface area contributed by atoms with E-state index in [1.807, 2.05) is 61.5 Å². The molecular weight excluding hydrogens is 304 g/mol. The van der Waals surface area contributed by atoms with Crippen LogP contribution in [0.3, 0.4) is 0 Å². The van der Waals surface area contributed by atoms with Crippen LogP contribution in [0.4, 0.5) is 11.6 Å². The molecule has 0 atom stereocenters. The molecule has 3 aromatic rings. The monoisotopic (exact) mass is 322 g/mol. The van der Waals surface area contributed by atoms with Gasteiger partial charge in [0.25, 0.3) is 5.56 Å². The van der Waals surface area contributed by atoms with E-state index in [0.717, 1.165) is 17.0 Å². The molecule has 2 aromatic carbocycles. The van der Waals surface area contributed by atoms with Crippen LogP contribution in [0.5, 0.6) is 5.75 Å². The van der Waals surface area contributed by atoms with E-state index < -0.39 is 0 Å². The maximum Gasteiger partial charge on any atom is 0.274 e. The van der Waals surface area contributed by atoms with Crippen LogP contribution >= 0.6 is 0 Å². The molecular formula is C18H18N4O2. The molecule has 0 aliphatic heterocycles. The van der Waals surface area contributed by atoms with Crippen LogP contribution in [0.2, 0.25) is 0 Å². The Morgan fingerprint density at radius 1 is 1.04 bits per heavy atom. The summed E-state index contributed by atoms with van der Waals surface area (Å²) in [5.41, 5.74) is 1.93. The van der Waals surface area contributed by atoms with Crippen molar-refractivity contribution in [1.82, 2.24) is 15.2 Å². The number of aromatic nitrogens is 3. The minimum Gasteiger partial charge on any atom is -0.494 e. The number of hydrogen-bond acceptors (Lipinski definition) is 5. The van der Waals surface area contributed by atoms with Gasteiger partial charge < -0.3 is 10.1 Å². The second-order valence-corrected chi connectivity index (χ2v) is 5.19. The van der Waals surface area contributed by atoms with Crippen molar-refractivity contribution in [3.8, 4) is 5.75 Å². The van der Waals surface area contributed by atoms with Crippen LogP contribution in [0.25, 0.3) is 0 Å². The number of nitrogens with one attached hydrogen (secondary N) is 2. The van der Waals surface area contributed by atoms with Gasteiger partial charge in [0, 0.05) is 12.1 Å². The zero-order chi connectivity index (χ0) is 16.8. The third-order valence-electron chi connectivity index (χ3n) is 3.41. The number of hydrogen-bond donors (Lipinski definition) is 2. The zero-order valence-corrected chi connectivity index (χ0v) is 13.3. The Balaban J connectivity index is 1.71. The second kappa shape index (κ2) is 7.41. The quantitative estimate of drug-likeness (QED) is 0.729. The first-order valence-electron chi connectivity index (χ1n) is 7.74. The lowest BCUT2D eigenvalue weighted by atomic mass is 10.1. The molecule has 0 saturated carbocycles. The molecule has 6 heteroatoms. The lowest BCUT2D eigenvalue weighted by molar-refractivity contribution is 0.340. The first-order valence-corrected chi connectivity index (χ1v) is 7.74. The number of ether oxygens (including phenoxy) is 1. The molecule has 2 N–H and O–H groups in total. The van der Waals surface area contributed by atoms with E-state index in [9.17, 15) is 4.79 Å². The van der Waals surface area contributed by atoms with Gasteiger partial charge in [-0.2, -0.15) is 0 Å². The number of para-hydroxylation sites is 1. The molecule has 0 unspecified atom stereocenters.